The van der Waals surface area contributed by atoms with Gasteiger partial charge in [-0.05, 0) is 0 Å². The number of rotatable bonds is 6. The first-order chi connectivity index (χ1) is 10.3. The average Bonchev–Trinajstić information content (AvgIpc) is 2.33. The maximum atomic E-state index is 11.1. The fourth-order valence-electron chi connectivity index (χ4n) is 1.85. The Balaban J connectivity index is 2.93. The largest absolute Gasteiger partial charge is 0.472 e. The quantitative estimate of drug-likeness (QED) is 0.232. The third-order valence-electron chi connectivity index (χ3n) is 2.72. The van der Waals surface area contributed by atoms with Gasteiger partial charge in [0.1, 0.15) is 24.4 Å². The van der Waals surface area contributed by atoms with Gasteiger partial charge in [-0.1, -0.05) is 0 Å². The van der Waals surface area contributed by atoms with Crippen LogP contribution in [0.4, 0.5) is 0 Å². The van der Waals surface area contributed by atoms with Crippen LogP contribution in [0.2, 0.25) is 0 Å². The van der Waals surface area contributed by atoms with E-state index in [9.17, 15) is 24.1 Å². The Labute approximate surface area is 129 Å². The van der Waals surface area contributed by atoms with E-state index in [1.165, 1.54) is 0 Å². The molecule has 0 bridgehead atoms. The molecule has 0 spiro atoms. The normalized spacial score (nSPS) is 32.6. The van der Waals surface area contributed by atoms with E-state index in [4.69, 9.17) is 24.3 Å². The fraction of sp³-hybridized carbons (Fsp3) is 0.875. The van der Waals surface area contributed by atoms with E-state index in [1.54, 1.807) is 0 Å². The number of aliphatic hydroxyl groups excluding tert-OH is 2. The van der Waals surface area contributed by atoms with E-state index >= 15 is 0 Å². The molecule has 1 amide bonds. The van der Waals surface area contributed by atoms with Gasteiger partial charge in [0, 0.05) is 6.92 Å². The molecule has 1 aliphatic rings. The monoisotopic (exact) mass is 381 g/mol. The highest BCUT2D eigenvalue weighted by Gasteiger charge is 2.48. The van der Waals surface area contributed by atoms with Crippen molar-refractivity contribution in [1.29, 1.82) is 0 Å². The lowest BCUT2D eigenvalue weighted by Crippen LogP contribution is -2.64. The molecule has 1 fully saturated rings. The number of hydrogen-bond acceptors (Lipinski definition) is 8. The molecule has 13 nitrogen and oxygen atoms in total. The second kappa shape index (κ2) is 7.64. The first-order valence-electron chi connectivity index (χ1n) is 6.03. The van der Waals surface area contributed by atoms with Crippen LogP contribution in [0.1, 0.15) is 6.92 Å². The Morgan fingerprint density at radius 2 is 1.70 bits per heavy atom. The van der Waals surface area contributed by atoms with Gasteiger partial charge in [0.2, 0.25) is 5.91 Å². The second-order valence-corrected chi connectivity index (χ2v) is 7.06. The van der Waals surface area contributed by atoms with Crippen molar-refractivity contribution < 1.29 is 57.5 Å². The van der Waals surface area contributed by atoms with Gasteiger partial charge in [-0.25, -0.2) is 9.13 Å². The number of carbonyl (C=O) groups excluding carboxylic acids is 1. The van der Waals surface area contributed by atoms with Crippen LogP contribution in [0.3, 0.4) is 0 Å². The molecular weight excluding hydrogens is 364 g/mol. The van der Waals surface area contributed by atoms with E-state index < -0.39 is 58.8 Å². The average molecular weight is 381 g/mol. The van der Waals surface area contributed by atoms with Crippen LogP contribution in [0.5, 0.6) is 0 Å². The van der Waals surface area contributed by atoms with Crippen molar-refractivity contribution >= 4 is 21.6 Å². The Kier molecular flexibility index (Phi) is 6.84. The molecular formula is C8H17NO12P2. The molecule has 0 aromatic carbocycles. The Morgan fingerprint density at radius 3 is 2.13 bits per heavy atom. The number of phosphoric acid groups is 2. The van der Waals surface area contributed by atoms with Gasteiger partial charge >= 0.3 is 15.6 Å². The SMILES string of the molecule is CC(=O)N[C@H]1[C@H](OP(=O)(O)O)O[C@H](COP(=O)(O)O)[C@@H](O)[C@@H]1O. The molecule has 0 aromatic heterocycles. The number of hydrogen-bond donors (Lipinski definition) is 7. The molecule has 1 saturated heterocycles. The number of ether oxygens (including phenoxy) is 1. The molecule has 1 aliphatic heterocycles. The molecule has 5 atom stereocenters. The van der Waals surface area contributed by atoms with Crippen LogP contribution >= 0.6 is 15.6 Å². The second-order valence-electron chi connectivity index (χ2n) is 4.63. The van der Waals surface area contributed by atoms with Crippen molar-refractivity contribution in [3.05, 3.63) is 0 Å². The van der Waals surface area contributed by atoms with Gasteiger partial charge in [-0.3, -0.25) is 13.8 Å². The summed E-state index contributed by atoms with van der Waals surface area (Å²) in [6.07, 6.45) is -7.08. The van der Waals surface area contributed by atoms with E-state index in [-0.39, 0.29) is 0 Å². The first kappa shape index (κ1) is 20.6. The molecule has 0 unspecified atom stereocenters. The van der Waals surface area contributed by atoms with Gasteiger partial charge in [-0.15, -0.1) is 0 Å². The first-order valence-corrected chi connectivity index (χ1v) is 9.09. The van der Waals surface area contributed by atoms with Gasteiger partial charge in [0.05, 0.1) is 6.61 Å². The van der Waals surface area contributed by atoms with Crippen molar-refractivity contribution in [3.63, 3.8) is 0 Å². The lowest BCUT2D eigenvalue weighted by molar-refractivity contribution is -0.247. The number of aliphatic hydroxyl groups is 2. The maximum Gasteiger partial charge on any atom is 0.472 e. The van der Waals surface area contributed by atoms with Crippen LogP contribution in [0.15, 0.2) is 0 Å². The van der Waals surface area contributed by atoms with Crippen LogP contribution in [0.25, 0.3) is 0 Å². The minimum absolute atomic E-state index is 0.714. The van der Waals surface area contributed by atoms with E-state index in [2.05, 4.69) is 14.4 Å². The van der Waals surface area contributed by atoms with Crippen molar-refractivity contribution in [2.75, 3.05) is 6.61 Å². The molecule has 0 saturated carbocycles. The van der Waals surface area contributed by atoms with Crippen LogP contribution in [0, 0.1) is 0 Å². The third-order valence-corrected chi connectivity index (χ3v) is 3.69. The van der Waals surface area contributed by atoms with E-state index in [1.807, 2.05) is 0 Å². The van der Waals surface area contributed by atoms with E-state index in [0.29, 0.717) is 0 Å². The molecule has 23 heavy (non-hydrogen) atoms. The zero-order valence-corrected chi connectivity index (χ0v) is 13.4. The van der Waals surface area contributed by atoms with Crippen molar-refractivity contribution in [1.82, 2.24) is 5.32 Å². The minimum Gasteiger partial charge on any atom is -0.388 e. The van der Waals surface area contributed by atoms with Crippen LogP contribution in [-0.4, -0.2) is 72.9 Å². The zero-order valence-electron chi connectivity index (χ0n) is 11.6. The highest BCUT2D eigenvalue weighted by Crippen LogP contribution is 2.41. The van der Waals surface area contributed by atoms with Crippen molar-refractivity contribution in [2.45, 2.75) is 37.6 Å². The number of amides is 1. The van der Waals surface area contributed by atoms with Crippen molar-refractivity contribution in [3.8, 4) is 0 Å². The van der Waals surface area contributed by atoms with Gasteiger partial charge in [-0.2, -0.15) is 0 Å². The molecule has 136 valence electrons. The summed E-state index contributed by atoms with van der Waals surface area (Å²) in [5.74, 6) is -0.714. The summed E-state index contributed by atoms with van der Waals surface area (Å²) in [5.41, 5.74) is 0. The smallest absolute Gasteiger partial charge is 0.388 e. The third kappa shape index (κ3) is 6.91. The maximum absolute atomic E-state index is 11.1. The molecule has 1 heterocycles. The number of nitrogens with one attached hydrogen (secondary N) is 1. The topological polar surface area (TPSA) is 212 Å². The Bertz CT molecular complexity index is 515. The number of carbonyl (C=O) groups is 1. The highest BCUT2D eigenvalue weighted by atomic mass is 31.2. The highest BCUT2D eigenvalue weighted by molar-refractivity contribution is 7.46. The molecule has 0 aliphatic carbocycles. The summed E-state index contributed by atoms with van der Waals surface area (Å²) in [7, 11) is -10.0. The van der Waals surface area contributed by atoms with Crippen LogP contribution in [-0.2, 0) is 27.7 Å². The summed E-state index contributed by atoms with van der Waals surface area (Å²) in [5, 5.41) is 21.8. The summed E-state index contributed by atoms with van der Waals surface area (Å²) in [6, 6.07) is -1.54. The molecule has 0 radical (unpaired) electrons. The molecule has 1 rings (SSSR count). The summed E-state index contributed by atoms with van der Waals surface area (Å²) in [6.45, 7) is 0.132. The van der Waals surface area contributed by atoms with Gasteiger partial charge in [0.15, 0.2) is 6.29 Å². The van der Waals surface area contributed by atoms with Crippen LogP contribution < -0.4 is 5.32 Å². The summed E-state index contributed by atoms with van der Waals surface area (Å²) >= 11 is 0. The molecule has 7 N–H and O–H groups in total. The summed E-state index contributed by atoms with van der Waals surface area (Å²) < 4.78 is 34.9. The fourth-order valence-corrected chi connectivity index (χ4v) is 2.65. The zero-order chi connectivity index (χ0) is 18.0. The summed E-state index contributed by atoms with van der Waals surface area (Å²) in [4.78, 5) is 45.9. The van der Waals surface area contributed by atoms with Gasteiger partial charge < -0.3 is 39.8 Å². The minimum atomic E-state index is -5.10. The van der Waals surface area contributed by atoms with Crippen molar-refractivity contribution in [2.24, 2.45) is 0 Å². The Hall–Kier alpha value is -0.430. The predicted octanol–water partition coefficient (Wildman–Crippen LogP) is -2.84. The van der Waals surface area contributed by atoms with Gasteiger partial charge in [0.25, 0.3) is 0 Å². The standard InChI is InChI=1S/C8H17NO12P2/c1-3(10)9-5-7(12)6(11)4(2-19-22(13,14)15)20-8(5)21-23(16,17)18/h4-8,11-12H,2H2,1H3,(H,9,10)(H2,13,14,15)(H2,16,17,18)/t4-,5-,6-,7-,8+/m1/s1. The predicted molar refractivity (Wildman–Crippen MR) is 69.4 cm³/mol. The molecule has 0 aromatic rings. The lowest BCUT2D eigenvalue weighted by atomic mass is 9.97. The van der Waals surface area contributed by atoms with E-state index in [0.717, 1.165) is 6.92 Å². The Morgan fingerprint density at radius 1 is 1.13 bits per heavy atom. The number of phosphoric ester groups is 2. The lowest BCUT2D eigenvalue weighted by Gasteiger charge is -2.42. The molecule has 15 heteroatoms.